The van der Waals surface area contributed by atoms with Gasteiger partial charge in [0, 0.05) is 30.5 Å². The van der Waals surface area contributed by atoms with Crippen molar-refractivity contribution in [2.75, 3.05) is 30.9 Å². The molecule has 0 saturated carbocycles. The fourth-order valence-electron chi connectivity index (χ4n) is 2.11. The third kappa shape index (κ3) is 6.17. The van der Waals surface area contributed by atoms with Crippen LogP contribution in [-0.2, 0) is 14.3 Å². The lowest BCUT2D eigenvalue weighted by Crippen LogP contribution is -2.21. The molecule has 0 bridgehead atoms. The van der Waals surface area contributed by atoms with Gasteiger partial charge in [-0.3, -0.25) is 4.79 Å². The molecule has 0 radical (unpaired) electrons. The summed E-state index contributed by atoms with van der Waals surface area (Å²) >= 11 is 5.77. The number of anilines is 2. The Balaban J connectivity index is 1.95. The van der Waals surface area contributed by atoms with Gasteiger partial charge in [-0.1, -0.05) is 23.7 Å². The van der Waals surface area contributed by atoms with Gasteiger partial charge in [0.05, 0.1) is 0 Å². The first kappa shape index (κ1) is 20.0. The molecule has 0 heterocycles. The van der Waals surface area contributed by atoms with Crippen molar-refractivity contribution in [3.8, 4) is 6.07 Å². The maximum absolute atomic E-state index is 12.0. The lowest BCUT2D eigenvalue weighted by molar-refractivity contribution is -0.142. The van der Waals surface area contributed by atoms with Crippen LogP contribution in [-0.4, -0.2) is 32.6 Å². The number of esters is 1. The molecule has 0 fully saturated rings. The van der Waals surface area contributed by atoms with Crippen LogP contribution in [0.2, 0.25) is 5.02 Å². The van der Waals surface area contributed by atoms with Crippen LogP contribution in [0.5, 0.6) is 0 Å². The van der Waals surface area contributed by atoms with E-state index in [2.05, 4.69) is 5.32 Å². The molecule has 2 aromatic rings. The van der Waals surface area contributed by atoms with E-state index in [1.165, 1.54) is 6.08 Å². The summed E-state index contributed by atoms with van der Waals surface area (Å²) in [4.78, 5) is 25.8. The number of ether oxygens (including phenoxy) is 1. The molecule has 0 saturated heterocycles. The molecule has 0 aliphatic rings. The molecule has 1 N–H and O–H groups in total. The summed E-state index contributed by atoms with van der Waals surface area (Å²) in [6.45, 7) is -0.500. The first-order valence-corrected chi connectivity index (χ1v) is 8.38. The van der Waals surface area contributed by atoms with E-state index in [0.717, 1.165) is 5.69 Å². The number of nitriles is 1. The fourth-order valence-corrected chi connectivity index (χ4v) is 2.24. The maximum Gasteiger partial charge on any atom is 0.349 e. The summed E-state index contributed by atoms with van der Waals surface area (Å²) in [5, 5.41) is 12.3. The predicted octanol–water partition coefficient (Wildman–Crippen LogP) is 3.49. The van der Waals surface area contributed by atoms with E-state index in [1.54, 1.807) is 42.5 Å². The van der Waals surface area contributed by atoms with Crippen LogP contribution in [0.4, 0.5) is 11.4 Å². The molecule has 0 atom stereocenters. The summed E-state index contributed by atoms with van der Waals surface area (Å²) < 4.78 is 4.91. The molecule has 0 aliphatic carbocycles. The Labute approximate surface area is 162 Å². The summed E-state index contributed by atoms with van der Waals surface area (Å²) in [6, 6.07) is 15.6. The van der Waals surface area contributed by atoms with Crippen molar-refractivity contribution in [1.82, 2.24) is 0 Å². The Morgan fingerprint density at radius 1 is 1.15 bits per heavy atom. The SMILES string of the molecule is CN(C)c1ccc(/C=C(\C#N)C(=O)OCC(=O)Nc2ccc(Cl)cc2)cc1. The third-order valence-corrected chi connectivity index (χ3v) is 3.78. The maximum atomic E-state index is 12.0. The van der Waals surface area contributed by atoms with Gasteiger partial charge in [-0.2, -0.15) is 5.26 Å². The lowest BCUT2D eigenvalue weighted by Gasteiger charge is -2.11. The smallest absolute Gasteiger partial charge is 0.349 e. The van der Waals surface area contributed by atoms with Gasteiger partial charge in [-0.05, 0) is 48.0 Å². The average Bonchev–Trinajstić information content (AvgIpc) is 2.66. The van der Waals surface area contributed by atoms with Crippen LogP contribution in [0.25, 0.3) is 6.08 Å². The standard InChI is InChI=1S/C20H18ClN3O3/c1-24(2)18-9-3-14(4-10-18)11-15(12-22)20(26)27-13-19(25)23-17-7-5-16(21)6-8-17/h3-11H,13H2,1-2H3,(H,23,25)/b15-11+. The zero-order valence-electron chi connectivity index (χ0n) is 14.9. The van der Waals surface area contributed by atoms with Gasteiger partial charge in [-0.25, -0.2) is 4.79 Å². The Hall–Kier alpha value is -3.30. The second kappa shape index (κ2) is 9.41. The van der Waals surface area contributed by atoms with Crippen molar-refractivity contribution in [2.45, 2.75) is 0 Å². The molecule has 1 amide bonds. The number of carbonyl (C=O) groups excluding carboxylic acids is 2. The Morgan fingerprint density at radius 2 is 1.78 bits per heavy atom. The molecule has 138 valence electrons. The van der Waals surface area contributed by atoms with E-state index in [1.807, 2.05) is 31.1 Å². The van der Waals surface area contributed by atoms with Crippen molar-refractivity contribution in [3.63, 3.8) is 0 Å². The number of carbonyl (C=O) groups is 2. The first-order valence-electron chi connectivity index (χ1n) is 8.01. The molecule has 27 heavy (non-hydrogen) atoms. The number of nitrogens with zero attached hydrogens (tertiary/aromatic N) is 2. The minimum atomic E-state index is -0.861. The van der Waals surface area contributed by atoms with Gasteiger partial charge >= 0.3 is 5.97 Å². The molecule has 2 aromatic carbocycles. The Kier molecular flexibility index (Phi) is 6.98. The van der Waals surface area contributed by atoms with Gasteiger partial charge < -0.3 is 15.0 Å². The highest BCUT2D eigenvalue weighted by Crippen LogP contribution is 2.15. The van der Waals surface area contributed by atoms with E-state index < -0.39 is 18.5 Å². The highest BCUT2D eigenvalue weighted by molar-refractivity contribution is 6.30. The molecular weight excluding hydrogens is 366 g/mol. The average molecular weight is 384 g/mol. The molecular formula is C20H18ClN3O3. The predicted molar refractivity (Wildman–Crippen MR) is 105 cm³/mol. The molecule has 0 unspecified atom stereocenters. The van der Waals surface area contributed by atoms with E-state index in [4.69, 9.17) is 16.3 Å². The number of hydrogen-bond donors (Lipinski definition) is 1. The summed E-state index contributed by atoms with van der Waals surface area (Å²) in [6.07, 6.45) is 1.42. The monoisotopic (exact) mass is 383 g/mol. The number of hydrogen-bond acceptors (Lipinski definition) is 5. The van der Waals surface area contributed by atoms with Gasteiger partial charge in [0.25, 0.3) is 5.91 Å². The minimum absolute atomic E-state index is 0.188. The van der Waals surface area contributed by atoms with Gasteiger partial charge in [-0.15, -0.1) is 0 Å². The molecule has 6 nitrogen and oxygen atoms in total. The normalized spacial score (nSPS) is 10.7. The topological polar surface area (TPSA) is 82.4 Å². The Bertz CT molecular complexity index is 882. The molecule has 0 aromatic heterocycles. The quantitative estimate of drug-likeness (QED) is 0.469. The van der Waals surface area contributed by atoms with E-state index in [9.17, 15) is 14.9 Å². The molecule has 0 spiro atoms. The molecule has 0 aliphatic heterocycles. The number of benzene rings is 2. The van der Waals surface area contributed by atoms with Gasteiger partial charge in [0.1, 0.15) is 11.6 Å². The fraction of sp³-hybridized carbons (Fsp3) is 0.150. The number of amides is 1. The summed E-state index contributed by atoms with van der Waals surface area (Å²) in [5.41, 5.74) is 2.01. The van der Waals surface area contributed by atoms with Crippen molar-refractivity contribution < 1.29 is 14.3 Å². The highest BCUT2D eigenvalue weighted by atomic mass is 35.5. The summed E-state index contributed by atoms with van der Waals surface area (Å²) in [5.74, 6) is -1.38. The van der Waals surface area contributed by atoms with Crippen molar-refractivity contribution in [2.24, 2.45) is 0 Å². The van der Waals surface area contributed by atoms with E-state index >= 15 is 0 Å². The van der Waals surface area contributed by atoms with Crippen molar-refractivity contribution in [3.05, 3.63) is 64.7 Å². The highest BCUT2D eigenvalue weighted by Gasteiger charge is 2.13. The van der Waals surface area contributed by atoms with Gasteiger partial charge in [0.2, 0.25) is 0 Å². The van der Waals surface area contributed by atoms with Crippen molar-refractivity contribution in [1.29, 1.82) is 5.26 Å². The van der Waals surface area contributed by atoms with Gasteiger partial charge in [0.15, 0.2) is 6.61 Å². The van der Waals surface area contributed by atoms with Crippen LogP contribution in [0.1, 0.15) is 5.56 Å². The second-order valence-electron chi connectivity index (χ2n) is 5.79. The summed E-state index contributed by atoms with van der Waals surface area (Å²) in [7, 11) is 3.83. The minimum Gasteiger partial charge on any atom is -0.451 e. The van der Waals surface area contributed by atoms with Crippen LogP contribution in [0.15, 0.2) is 54.1 Å². The van der Waals surface area contributed by atoms with Crippen LogP contribution in [0, 0.1) is 11.3 Å². The third-order valence-electron chi connectivity index (χ3n) is 3.52. The van der Waals surface area contributed by atoms with E-state index in [-0.39, 0.29) is 5.57 Å². The number of nitrogens with one attached hydrogen (secondary N) is 1. The van der Waals surface area contributed by atoms with E-state index in [0.29, 0.717) is 16.3 Å². The zero-order chi connectivity index (χ0) is 19.8. The molecule has 2 rings (SSSR count). The lowest BCUT2D eigenvalue weighted by atomic mass is 10.1. The zero-order valence-corrected chi connectivity index (χ0v) is 15.7. The largest absolute Gasteiger partial charge is 0.451 e. The number of rotatable bonds is 6. The number of halogens is 1. The van der Waals surface area contributed by atoms with Crippen LogP contribution >= 0.6 is 11.6 Å². The first-order chi connectivity index (χ1) is 12.9. The Morgan fingerprint density at radius 3 is 2.33 bits per heavy atom. The van der Waals surface area contributed by atoms with Crippen LogP contribution in [0.3, 0.4) is 0 Å². The second-order valence-corrected chi connectivity index (χ2v) is 6.22. The van der Waals surface area contributed by atoms with Crippen LogP contribution < -0.4 is 10.2 Å². The van der Waals surface area contributed by atoms with Crippen molar-refractivity contribution >= 4 is 40.9 Å². The molecule has 7 heteroatoms.